The second-order valence-corrected chi connectivity index (χ2v) is 4.35. The lowest BCUT2D eigenvalue weighted by Crippen LogP contribution is -2.11. The van der Waals surface area contributed by atoms with Crippen LogP contribution in [0.25, 0.3) is 0 Å². The molecule has 0 aliphatic rings. The van der Waals surface area contributed by atoms with E-state index in [9.17, 15) is 4.79 Å². The maximum absolute atomic E-state index is 11.8. The van der Waals surface area contributed by atoms with Crippen LogP contribution in [0.2, 0.25) is 15.3 Å². The Morgan fingerprint density at radius 2 is 1.88 bits per heavy atom. The smallest absolute Gasteiger partial charge is 0.260 e. The first-order valence-corrected chi connectivity index (χ1v) is 5.70. The summed E-state index contributed by atoms with van der Waals surface area (Å²) in [5.74, 6) is -0.373. The van der Waals surface area contributed by atoms with E-state index in [1.807, 2.05) is 0 Å². The first-order valence-electron chi connectivity index (χ1n) is 4.57. The Hall–Kier alpha value is -1.16. The highest BCUT2D eigenvalue weighted by Gasteiger charge is 2.13. The van der Waals surface area contributed by atoms with Crippen LogP contribution >= 0.6 is 34.8 Å². The molecule has 6 heteroatoms. The SMILES string of the molecule is O=C(Nc1ccc(Cl)c(Cl)c1)c1ccoc1Cl. The minimum absolute atomic E-state index is 0.0440. The quantitative estimate of drug-likeness (QED) is 0.885. The van der Waals surface area contributed by atoms with Gasteiger partial charge in [0.15, 0.2) is 0 Å². The lowest BCUT2D eigenvalue weighted by Gasteiger charge is -2.05. The van der Waals surface area contributed by atoms with Crippen LogP contribution in [0.15, 0.2) is 34.9 Å². The molecule has 0 aliphatic heterocycles. The van der Waals surface area contributed by atoms with Gasteiger partial charge in [0.25, 0.3) is 5.91 Å². The molecule has 2 aromatic rings. The first-order chi connectivity index (χ1) is 8.08. The summed E-state index contributed by atoms with van der Waals surface area (Å²) < 4.78 is 4.82. The van der Waals surface area contributed by atoms with Crippen molar-refractivity contribution < 1.29 is 9.21 Å². The van der Waals surface area contributed by atoms with E-state index in [2.05, 4.69) is 5.32 Å². The van der Waals surface area contributed by atoms with Crippen LogP contribution in [0.5, 0.6) is 0 Å². The van der Waals surface area contributed by atoms with Crippen molar-refractivity contribution in [1.82, 2.24) is 0 Å². The molecule has 1 heterocycles. The molecule has 0 spiro atoms. The van der Waals surface area contributed by atoms with Gasteiger partial charge in [-0.2, -0.15) is 0 Å². The van der Waals surface area contributed by atoms with E-state index in [-0.39, 0.29) is 16.7 Å². The highest BCUT2D eigenvalue weighted by Crippen LogP contribution is 2.26. The average Bonchev–Trinajstić information content (AvgIpc) is 2.70. The fourth-order valence-corrected chi connectivity index (χ4v) is 1.73. The molecule has 0 radical (unpaired) electrons. The van der Waals surface area contributed by atoms with Crippen LogP contribution < -0.4 is 5.32 Å². The van der Waals surface area contributed by atoms with E-state index in [1.54, 1.807) is 18.2 Å². The molecule has 3 nitrogen and oxygen atoms in total. The summed E-state index contributed by atoms with van der Waals surface area (Å²) in [6, 6.07) is 6.27. The molecule has 1 aromatic carbocycles. The lowest BCUT2D eigenvalue weighted by atomic mass is 10.3. The van der Waals surface area contributed by atoms with Crippen molar-refractivity contribution in [3.05, 3.63) is 51.4 Å². The molecule has 0 saturated carbocycles. The Balaban J connectivity index is 2.19. The number of halogens is 3. The van der Waals surface area contributed by atoms with Gasteiger partial charge in [-0.25, -0.2) is 0 Å². The lowest BCUT2D eigenvalue weighted by molar-refractivity contribution is 0.102. The van der Waals surface area contributed by atoms with Crippen molar-refractivity contribution >= 4 is 46.4 Å². The van der Waals surface area contributed by atoms with Crippen molar-refractivity contribution in [2.45, 2.75) is 0 Å². The largest absolute Gasteiger partial charge is 0.452 e. The maximum atomic E-state index is 11.8. The van der Waals surface area contributed by atoms with Crippen LogP contribution in [0.3, 0.4) is 0 Å². The summed E-state index contributed by atoms with van der Waals surface area (Å²) in [6.07, 6.45) is 1.34. The third-order valence-electron chi connectivity index (χ3n) is 2.04. The highest BCUT2D eigenvalue weighted by atomic mass is 35.5. The number of amides is 1. The summed E-state index contributed by atoms with van der Waals surface area (Å²) in [7, 11) is 0. The van der Waals surface area contributed by atoms with Gasteiger partial charge >= 0.3 is 0 Å². The zero-order valence-corrected chi connectivity index (χ0v) is 10.6. The molecule has 88 valence electrons. The summed E-state index contributed by atoms with van der Waals surface area (Å²) in [5, 5.41) is 3.46. The number of rotatable bonds is 2. The van der Waals surface area contributed by atoms with E-state index >= 15 is 0 Å². The number of nitrogens with one attached hydrogen (secondary N) is 1. The van der Waals surface area contributed by atoms with Gasteiger partial charge in [0.05, 0.1) is 21.9 Å². The molecule has 0 bridgehead atoms. The van der Waals surface area contributed by atoms with E-state index < -0.39 is 0 Å². The van der Waals surface area contributed by atoms with Gasteiger partial charge in [0.2, 0.25) is 5.22 Å². The zero-order valence-electron chi connectivity index (χ0n) is 8.34. The van der Waals surface area contributed by atoms with Crippen LogP contribution in [-0.2, 0) is 0 Å². The zero-order chi connectivity index (χ0) is 12.4. The molecular formula is C11H6Cl3NO2. The monoisotopic (exact) mass is 289 g/mol. The van der Waals surface area contributed by atoms with Gasteiger partial charge in [0, 0.05) is 5.69 Å². The standard InChI is InChI=1S/C11H6Cl3NO2/c12-8-2-1-6(5-9(8)13)15-11(16)7-3-4-17-10(7)14/h1-5H,(H,15,16). The topological polar surface area (TPSA) is 42.2 Å². The minimum atomic E-state index is -0.373. The van der Waals surface area contributed by atoms with Gasteiger partial charge < -0.3 is 9.73 Å². The van der Waals surface area contributed by atoms with E-state index in [0.717, 1.165) is 0 Å². The second-order valence-electron chi connectivity index (χ2n) is 3.19. The third kappa shape index (κ3) is 2.75. The van der Waals surface area contributed by atoms with Gasteiger partial charge in [-0.3, -0.25) is 4.79 Å². The van der Waals surface area contributed by atoms with Gasteiger partial charge in [-0.15, -0.1) is 0 Å². The number of carbonyl (C=O) groups excluding carboxylic acids is 1. The Bertz CT molecular complexity index is 566. The minimum Gasteiger partial charge on any atom is -0.452 e. The molecule has 0 aliphatic carbocycles. The summed E-state index contributed by atoms with van der Waals surface area (Å²) in [5.41, 5.74) is 0.791. The number of carbonyl (C=O) groups is 1. The molecule has 0 unspecified atom stereocenters. The molecule has 0 saturated heterocycles. The second kappa shape index (κ2) is 5.00. The molecule has 1 amide bonds. The van der Waals surface area contributed by atoms with Crippen molar-refractivity contribution in [3.8, 4) is 0 Å². The number of anilines is 1. The van der Waals surface area contributed by atoms with Crippen molar-refractivity contribution in [1.29, 1.82) is 0 Å². The molecule has 1 aromatic heterocycles. The predicted molar refractivity (Wildman–Crippen MR) is 68.1 cm³/mol. The molecule has 1 N–H and O–H groups in total. The number of hydrogen-bond donors (Lipinski definition) is 1. The molecule has 2 rings (SSSR count). The number of furan rings is 1. The van der Waals surface area contributed by atoms with E-state index in [1.165, 1.54) is 12.3 Å². The van der Waals surface area contributed by atoms with Crippen molar-refractivity contribution in [3.63, 3.8) is 0 Å². The predicted octanol–water partition coefficient (Wildman–Crippen LogP) is 4.49. The van der Waals surface area contributed by atoms with Crippen LogP contribution in [0.1, 0.15) is 10.4 Å². The summed E-state index contributed by atoms with van der Waals surface area (Å²) >= 11 is 17.3. The van der Waals surface area contributed by atoms with Crippen molar-refractivity contribution in [2.75, 3.05) is 5.32 Å². The first kappa shape index (κ1) is 12.3. The molecule has 0 atom stereocenters. The van der Waals surface area contributed by atoms with Crippen LogP contribution in [0.4, 0.5) is 5.69 Å². The van der Waals surface area contributed by atoms with Gasteiger partial charge in [-0.1, -0.05) is 23.2 Å². The van der Waals surface area contributed by atoms with E-state index in [4.69, 9.17) is 39.2 Å². The molecular weight excluding hydrogens is 284 g/mol. The summed E-state index contributed by atoms with van der Waals surface area (Å²) in [4.78, 5) is 11.8. The number of hydrogen-bond acceptors (Lipinski definition) is 2. The Kier molecular flexibility index (Phi) is 3.62. The highest BCUT2D eigenvalue weighted by molar-refractivity contribution is 6.42. The van der Waals surface area contributed by atoms with Crippen LogP contribution in [-0.4, -0.2) is 5.91 Å². The average molecular weight is 291 g/mol. The Labute approximate surface area is 112 Å². The third-order valence-corrected chi connectivity index (χ3v) is 3.07. The summed E-state index contributed by atoms with van der Waals surface area (Å²) in [6.45, 7) is 0. The number of benzene rings is 1. The fourth-order valence-electron chi connectivity index (χ4n) is 1.23. The molecule has 0 fully saturated rings. The molecule has 17 heavy (non-hydrogen) atoms. The Morgan fingerprint density at radius 3 is 2.47 bits per heavy atom. The van der Waals surface area contributed by atoms with Crippen molar-refractivity contribution in [2.24, 2.45) is 0 Å². The van der Waals surface area contributed by atoms with Gasteiger partial charge in [-0.05, 0) is 35.9 Å². The van der Waals surface area contributed by atoms with E-state index in [0.29, 0.717) is 15.7 Å². The fraction of sp³-hybridized carbons (Fsp3) is 0. The normalized spacial score (nSPS) is 10.3. The Morgan fingerprint density at radius 1 is 1.12 bits per heavy atom. The van der Waals surface area contributed by atoms with Gasteiger partial charge in [0.1, 0.15) is 0 Å². The van der Waals surface area contributed by atoms with Crippen LogP contribution in [0, 0.1) is 0 Å². The maximum Gasteiger partial charge on any atom is 0.260 e.